The molecule has 0 aliphatic carbocycles. The summed E-state index contributed by atoms with van der Waals surface area (Å²) in [5, 5.41) is 10.9. The Morgan fingerprint density at radius 3 is 2.59 bits per heavy atom. The molecule has 0 amide bonds. The third-order valence-electron chi connectivity index (χ3n) is 4.59. The summed E-state index contributed by atoms with van der Waals surface area (Å²) >= 11 is 0. The second kappa shape index (κ2) is 8.22. The van der Waals surface area contributed by atoms with E-state index < -0.39 is 0 Å². The predicted octanol–water partition coefficient (Wildman–Crippen LogP) is 4.36. The van der Waals surface area contributed by atoms with Crippen LogP contribution in [-0.4, -0.2) is 32.6 Å². The number of ether oxygens (including phenoxy) is 1. The maximum absolute atomic E-state index is 12.4. The highest BCUT2D eigenvalue weighted by atomic mass is 16.5. The van der Waals surface area contributed by atoms with Gasteiger partial charge in [0.2, 0.25) is 0 Å². The molecule has 0 fully saturated rings. The first-order chi connectivity index (χ1) is 14.1. The van der Waals surface area contributed by atoms with E-state index in [-0.39, 0.29) is 18.4 Å². The molecule has 0 aliphatic rings. The van der Waals surface area contributed by atoms with Crippen LogP contribution in [-0.2, 0) is 16.1 Å². The van der Waals surface area contributed by atoms with Gasteiger partial charge in [0.25, 0.3) is 0 Å². The Morgan fingerprint density at radius 1 is 1.03 bits per heavy atom. The molecule has 6 heteroatoms. The Labute approximate surface area is 169 Å². The van der Waals surface area contributed by atoms with Crippen LogP contribution in [0.25, 0.3) is 33.3 Å². The lowest BCUT2D eigenvalue weighted by molar-refractivity contribution is -0.145. The van der Waals surface area contributed by atoms with Crippen LogP contribution >= 0.6 is 0 Å². The summed E-state index contributed by atoms with van der Waals surface area (Å²) in [7, 11) is 0. The normalized spacial score (nSPS) is 11.1. The molecule has 0 atom stereocenters. The predicted molar refractivity (Wildman–Crippen MR) is 112 cm³/mol. The lowest BCUT2D eigenvalue weighted by atomic mass is 9.99. The summed E-state index contributed by atoms with van der Waals surface area (Å²) < 4.78 is 6.99. The fraction of sp³-hybridized carbons (Fsp3) is 0.217. The van der Waals surface area contributed by atoms with E-state index in [4.69, 9.17) is 4.74 Å². The van der Waals surface area contributed by atoms with Gasteiger partial charge in [0.1, 0.15) is 12.2 Å². The quantitative estimate of drug-likeness (QED) is 0.461. The number of hydrogen-bond donors (Lipinski definition) is 0. The van der Waals surface area contributed by atoms with E-state index in [0.29, 0.717) is 12.3 Å². The van der Waals surface area contributed by atoms with Crippen molar-refractivity contribution in [1.82, 2.24) is 20.0 Å². The van der Waals surface area contributed by atoms with Crippen molar-refractivity contribution in [1.29, 1.82) is 0 Å². The van der Waals surface area contributed by atoms with Crippen molar-refractivity contribution in [2.45, 2.75) is 20.4 Å². The van der Waals surface area contributed by atoms with Crippen LogP contribution in [0.1, 0.15) is 13.8 Å². The molecular formula is C23H22N4O2. The average molecular weight is 386 g/mol. The number of rotatable bonds is 6. The second-order valence-corrected chi connectivity index (χ2v) is 7.28. The highest BCUT2D eigenvalue weighted by Gasteiger charge is 2.20. The Bertz CT molecular complexity index is 1130. The first kappa shape index (κ1) is 18.8. The van der Waals surface area contributed by atoms with E-state index in [9.17, 15) is 4.79 Å². The monoisotopic (exact) mass is 386 g/mol. The zero-order chi connectivity index (χ0) is 20.2. The smallest absolute Gasteiger partial charge is 0.327 e. The maximum atomic E-state index is 12.4. The van der Waals surface area contributed by atoms with Gasteiger partial charge in [-0.1, -0.05) is 61.5 Å². The topological polar surface area (TPSA) is 69.9 Å². The van der Waals surface area contributed by atoms with E-state index in [1.54, 1.807) is 17.1 Å². The molecule has 0 aliphatic heterocycles. The summed E-state index contributed by atoms with van der Waals surface area (Å²) in [6.07, 6.45) is 3.44. The van der Waals surface area contributed by atoms with Crippen LogP contribution in [0.15, 0.2) is 67.0 Å². The number of fused-ring (bicyclic) bond motifs is 1. The highest BCUT2D eigenvalue weighted by Crippen LogP contribution is 2.34. The van der Waals surface area contributed by atoms with Gasteiger partial charge in [0.05, 0.1) is 12.3 Å². The lowest BCUT2D eigenvalue weighted by Crippen LogP contribution is -2.18. The first-order valence-electron chi connectivity index (χ1n) is 9.61. The van der Waals surface area contributed by atoms with Gasteiger partial charge in [-0.05, 0) is 28.8 Å². The fourth-order valence-corrected chi connectivity index (χ4v) is 3.25. The number of aromatic nitrogens is 4. The molecule has 2 aromatic heterocycles. The highest BCUT2D eigenvalue weighted by molar-refractivity contribution is 5.98. The van der Waals surface area contributed by atoms with Crippen molar-refractivity contribution in [2.24, 2.45) is 5.92 Å². The van der Waals surface area contributed by atoms with E-state index in [1.807, 2.05) is 50.2 Å². The Balaban J connectivity index is 1.83. The number of carbonyl (C=O) groups is 1. The minimum atomic E-state index is -0.327. The molecule has 4 aromatic rings. The molecule has 2 aromatic carbocycles. The number of pyridine rings is 1. The number of nitrogens with zero attached hydrogens (tertiary/aromatic N) is 4. The molecule has 146 valence electrons. The number of esters is 1. The molecule has 0 unspecified atom stereocenters. The summed E-state index contributed by atoms with van der Waals surface area (Å²) in [5.41, 5.74) is 3.36. The Kier molecular flexibility index (Phi) is 5.33. The van der Waals surface area contributed by atoms with Gasteiger partial charge in [-0.25, -0.2) is 4.68 Å². The molecule has 0 radical (unpaired) electrons. The van der Waals surface area contributed by atoms with Gasteiger partial charge in [-0.2, -0.15) is 0 Å². The minimum Gasteiger partial charge on any atom is -0.464 e. The third-order valence-corrected chi connectivity index (χ3v) is 4.59. The van der Waals surface area contributed by atoms with Gasteiger partial charge in [-0.15, -0.1) is 5.10 Å². The van der Waals surface area contributed by atoms with E-state index >= 15 is 0 Å². The van der Waals surface area contributed by atoms with Crippen molar-refractivity contribution < 1.29 is 9.53 Å². The summed E-state index contributed by atoms with van der Waals surface area (Å²) in [4.78, 5) is 16.5. The minimum absolute atomic E-state index is 0.00333. The van der Waals surface area contributed by atoms with Crippen molar-refractivity contribution in [2.75, 3.05) is 6.61 Å². The van der Waals surface area contributed by atoms with Crippen molar-refractivity contribution in [3.8, 4) is 22.5 Å². The van der Waals surface area contributed by atoms with Crippen LogP contribution in [0.2, 0.25) is 0 Å². The van der Waals surface area contributed by atoms with Crippen LogP contribution in [0.3, 0.4) is 0 Å². The zero-order valence-corrected chi connectivity index (χ0v) is 16.4. The molecule has 0 saturated heterocycles. The van der Waals surface area contributed by atoms with Crippen molar-refractivity contribution in [3.05, 3.63) is 67.0 Å². The summed E-state index contributed by atoms with van der Waals surface area (Å²) in [5.74, 6) is -0.0500. The first-order valence-corrected chi connectivity index (χ1v) is 9.61. The van der Waals surface area contributed by atoms with E-state index in [0.717, 1.165) is 27.6 Å². The number of hydrogen-bond acceptors (Lipinski definition) is 5. The molecule has 4 rings (SSSR count). The number of benzene rings is 2. The summed E-state index contributed by atoms with van der Waals surface area (Å²) in [6, 6.07) is 18.0. The van der Waals surface area contributed by atoms with Gasteiger partial charge in [0.15, 0.2) is 0 Å². The fourth-order valence-electron chi connectivity index (χ4n) is 3.25. The van der Waals surface area contributed by atoms with Crippen LogP contribution in [0.4, 0.5) is 0 Å². The molecule has 0 bridgehead atoms. The molecule has 0 N–H and O–H groups in total. The SMILES string of the molecule is CC(C)COC(=O)Cn1nnc(-c2ccncc2)c1-c1cccc2ccccc12. The molecular weight excluding hydrogens is 364 g/mol. The Morgan fingerprint density at radius 2 is 1.79 bits per heavy atom. The third kappa shape index (κ3) is 4.01. The van der Waals surface area contributed by atoms with E-state index in [2.05, 4.69) is 33.5 Å². The molecule has 6 nitrogen and oxygen atoms in total. The Hall–Kier alpha value is -3.54. The van der Waals surface area contributed by atoms with Crippen molar-refractivity contribution in [3.63, 3.8) is 0 Å². The van der Waals surface area contributed by atoms with Crippen LogP contribution in [0.5, 0.6) is 0 Å². The standard InChI is InChI=1S/C23H22N4O2/c1-16(2)15-29-21(28)14-27-23(22(25-26-27)18-10-12-24-13-11-18)20-9-5-7-17-6-3-4-8-19(17)20/h3-13,16H,14-15H2,1-2H3. The van der Waals surface area contributed by atoms with Gasteiger partial charge >= 0.3 is 5.97 Å². The van der Waals surface area contributed by atoms with Gasteiger partial charge < -0.3 is 4.74 Å². The molecule has 29 heavy (non-hydrogen) atoms. The maximum Gasteiger partial charge on any atom is 0.327 e. The van der Waals surface area contributed by atoms with E-state index in [1.165, 1.54) is 0 Å². The van der Waals surface area contributed by atoms with Crippen molar-refractivity contribution >= 4 is 16.7 Å². The molecule has 0 spiro atoms. The number of carbonyl (C=O) groups excluding carboxylic acids is 1. The zero-order valence-electron chi connectivity index (χ0n) is 16.4. The summed E-state index contributed by atoms with van der Waals surface area (Å²) in [6.45, 7) is 4.40. The molecule has 0 saturated carbocycles. The van der Waals surface area contributed by atoms with Gasteiger partial charge in [0, 0.05) is 23.5 Å². The van der Waals surface area contributed by atoms with Crippen LogP contribution < -0.4 is 0 Å². The second-order valence-electron chi connectivity index (χ2n) is 7.28. The lowest BCUT2D eigenvalue weighted by Gasteiger charge is -2.12. The average Bonchev–Trinajstić information content (AvgIpc) is 3.15. The van der Waals surface area contributed by atoms with Gasteiger partial charge in [-0.3, -0.25) is 9.78 Å². The van der Waals surface area contributed by atoms with Crippen LogP contribution in [0, 0.1) is 5.92 Å². The largest absolute Gasteiger partial charge is 0.464 e. The molecule has 2 heterocycles.